The van der Waals surface area contributed by atoms with Crippen LogP contribution in [0, 0.1) is 5.92 Å². The van der Waals surface area contributed by atoms with Crippen LogP contribution in [0.25, 0.3) is 0 Å². The topological polar surface area (TPSA) is 46.5 Å². The van der Waals surface area contributed by atoms with E-state index < -0.39 is 11.6 Å². The zero-order valence-electron chi connectivity index (χ0n) is 17.6. The standard InChI is InChI=1S/C25H30O3S/c1-17(2)14-15-25(19-10-6-5-7-11-19)16-21(26)23(24(27)28-25)29-22-13-9-8-12-20(22)18(3)4/h5-13,17-18,26H,14-16H2,1-4H3. The normalized spacial score (nSPS) is 19.7. The molecule has 0 radical (unpaired) electrons. The predicted molar refractivity (Wildman–Crippen MR) is 119 cm³/mol. The fourth-order valence-electron chi connectivity index (χ4n) is 3.70. The van der Waals surface area contributed by atoms with E-state index in [1.54, 1.807) is 0 Å². The lowest BCUT2D eigenvalue weighted by Gasteiger charge is -2.38. The highest BCUT2D eigenvalue weighted by molar-refractivity contribution is 8.04. The third kappa shape index (κ3) is 4.87. The van der Waals surface area contributed by atoms with Gasteiger partial charge >= 0.3 is 5.97 Å². The third-order valence-corrected chi connectivity index (χ3v) is 6.57. The Labute approximate surface area is 178 Å². The smallest absolute Gasteiger partial charge is 0.349 e. The molecule has 0 saturated heterocycles. The van der Waals surface area contributed by atoms with E-state index in [0.717, 1.165) is 22.4 Å². The highest BCUT2D eigenvalue weighted by atomic mass is 32.2. The molecule has 0 amide bonds. The average Bonchev–Trinajstić information content (AvgIpc) is 2.70. The van der Waals surface area contributed by atoms with Crippen molar-refractivity contribution in [1.82, 2.24) is 0 Å². The van der Waals surface area contributed by atoms with E-state index in [2.05, 4.69) is 33.8 Å². The largest absolute Gasteiger partial charge is 0.511 e. The van der Waals surface area contributed by atoms with Crippen LogP contribution >= 0.6 is 11.8 Å². The monoisotopic (exact) mass is 410 g/mol. The minimum absolute atomic E-state index is 0.123. The molecule has 0 aromatic heterocycles. The zero-order valence-corrected chi connectivity index (χ0v) is 18.5. The van der Waals surface area contributed by atoms with Crippen molar-refractivity contribution in [3.05, 3.63) is 76.4 Å². The third-order valence-electron chi connectivity index (χ3n) is 5.37. The SMILES string of the molecule is CC(C)CCC1(c2ccccc2)CC(O)=C(Sc2ccccc2C(C)C)C(=O)O1. The van der Waals surface area contributed by atoms with Crippen LogP contribution in [-0.2, 0) is 15.1 Å². The summed E-state index contributed by atoms with van der Waals surface area (Å²) in [5.41, 5.74) is 1.28. The molecule has 0 saturated carbocycles. The molecule has 4 heteroatoms. The summed E-state index contributed by atoms with van der Waals surface area (Å²) in [4.78, 5) is 14.3. The molecule has 1 heterocycles. The molecule has 154 valence electrons. The Hall–Kier alpha value is -2.20. The van der Waals surface area contributed by atoms with Crippen LogP contribution in [0.4, 0.5) is 0 Å². The maximum Gasteiger partial charge on any atom is 0.349 e. The van der Waals surface area contributed by atoms with Crippen molar-refractivity contribution >= 4 is 17.7 Å². The van der Waals surface area contributed by atoms with Crippen LogP contribution in [-0.4, -0.2) is 11.1 Å². The van der Waals surface area contributed by atoms with E-state index in [1.165, 1.54) is 11.8 Å². The number of hydrogen-bond donors (Lipinski definition) is 1. The van der Waals surface area contributed by atoms with E-state index in [9.17, 15) is 9.90 Å². The van der Waals surface area contributed by atoms with Gasteiger partial charge < -0.3 is 9.84 Å². The molecule has 2 aromatic carbocycles. The molecule has 1 N–H and O–H groups in total. The molecule has 29 heavy (non-hydrogen) atoms. The Morgan fingerprint density at radius 3 is 2.31 bits per heavy atom. The maximum absolute atomic E-state index is 13.1. The molecule has 0 bridgehead atoms. The van der Waals surface area contributed by atoms with Crippen molar-refractivity contribution in [2.45, 2.75) is 63.4 Å². The van der Waals surface area contributed by atoms with E-state index in [4.69, 9.17) is 4.74 Å². The molecular weight excluding hydrogens is 380 g/mol. The van der Waals surface area contributed by atoms with Crippen LogP contribution < -0.4 is 0 Å². The highest BCUT2D eigenvalue weighted by Gasteiger charge is 2.43. The molecule has 0 spiro atoms. The van der Waals surface area contributed by atoms with Crippen molar-refractivity contribution < 1.29 is 14.6 Å². The summed E-state index contributed by atoms with van der Waals surface area (Å²) >= 11 is 1.31. The lowest BCUT2D eigenvalue weighted by atomic mass is 9.82. The fraction of sp³-hybridized carbons (Fsp3) is 0.400. The number of thioether (sulfide) groups is 1. The number of esters is 1. The van der Waals surface area contributed by atoms with E-state index >= 15 is 0 Å². The Balaban J connectivity index is 1.95. The van der Waals surface area contributed by atoms with Gasteiger partial charge in [-0.2, -0.15) is 0 Å². The number of hydrogen-bond acceptors (Lipinski definition) is 4. The van der Waals surface area contributed by atoms with Crippen LogP contribution in [0.5, 0.6) is 0 Å². The molecule has 3 rings (SSSR count). The summed E-state index contributed by atoms with van der Waals surface area (Å²) in [7, 11) is 0. The van der Waals surface area contributed by atoms with Crippen molar-refractivity contribution in [2.75, 3.05) is 0 Å². The fourth-order valence-corrected chi connectivity index (χ4v) is 4.80. The lowest BCUT2D eigenvalue weighted by molar-refractivity contribution is -0.160. The molecule has 1 aliphatic heterocycles. The van der Waals surface area contributed by atoms with Gasteiger partial charge in [0.1, 0.15) is 16.3 Å². The molecule has 0 fully saturated rings. The molecule has 1 aliphatic rings. The van der Waals surface area contributed by atoms with Gasteiger partial charge in [-0.15, -0.1) is 0 Å². The van der Waals surface area contributed by atoms with Crippen molar-refractivity contribution in [1.29, 1.82) is 0 Å². The Morgan fingerprint density at radius 2 is 1.69 bits per heavy atom. The first-order chi connectivity index (χ1) is 13.8. The Kier molecular flexibility index (Phi) is 6.74. The Bertz CT molecular complexity index is 886. The summed E-state index contributed by atoms with van der Waals surface area (Å²) in [6.45, 7) is 8.56. The second kappa shape index (κ2) is 9.08. The van der Waals surface area contributed by atoms with Crippen molar-refractivity contribution in [3.8, 4) is 0 Å². The van der Waals surface area contributed by atoms with Crippen molar-refractivity contribution in [3.63, 3.8) is 0 Å². The lowest BCUT2D eigenvalue weighted by Crippen LogP contribution is -2.37. The Morgan fingerprint density at radius 1 is 1.03 bits per heavy atom. The highest BCUT2D eigenvalue weighted by Crippen LogP contribution is 2.46. The van der Waals surface area contributed by atoms with Crippen molar-refractivity contribution in [2.24, 2.45) is 5.92 Å². The quantitative estimate of drug-likeness (QED) is 0.502. The number of aliphatic hydroxyl groups excluding tert-OH is 1. The predicted octanol–water partition coefficient (Wildman–Crippen LogP) is 6.95. The molecular formula is C25H30O3S. The number of cyclic esters (lactones) is 1. The molecule has 1 unspecified atom stereocenters. The van der Waals surface area contributed by atoms with Gasteiger partial charge in [0.15, 0.2) is 0 Å². The summed E-state index contributed by atoms with van der Waals surface area (Å²) in [6.07, 6.45) is 1.90. The van der Waals surface area contributed by atoms with Gasteiger partial charge in [-0.1, -0.05) is 88.0 Å². The molecule has 3 nitrogen and oxygen atoms in total. The van der Waals surface area contributed by atoms with Gasteiger partial charge in [0.05, 0.1) is 6.42 Å². The van der Waals surface area contributed by atoms with E-state index in [0.29, 0.717) is 29.6 Å². The van der Waals surface area contributed by atoms with Crippen LogP contribution in [0.1, 0.15) is 64.0 Å². The van der Waals surface area contributed by atoms with E-state index in [1.807, 2.05) is 48.5 Å². The van der Waals surface area contributed by atoms with Gasteiger partial charge in [-0.25, -0.2) is 4.79 Å². The van der Waals surface area contributed by atoms with Gasteiger partial charge in [0.2, 0.25) is 0 Å². The number of carbonyl (C=O) groups excluding carboxylic acids is 1. The second-order valence-corrected chi connectivity index (χ2v) is 9.48. The first-order valence-corrected chi connectivity index (χ1v) is 11.1. The van der Waals surface area contributed by atoms with Gasteiger partial charge in [0.25, 0.3) is 0 Å². The average molecular weight is 411 g/mol. The molecule has 1 atom stereocenters. The number of carbonyl (C=O) groups is 1. The van der Waals surface area contributed by atoms with Crippen LogP contribution in [0.15, 0.2) is 70.2 Å². The van der Waals surface area contributed by atoms with Gasteiger partial charge in [-0.3, -0.25) is 0 Å². The number of benzene rings is 2. The van der Waals surface area contributed by atoms with Gasteiger partial charge in [0, 0.05) is 4.90 Å². The summed E-state index contributed by atoms with van der Waals surface area (Å²) in [5.74, 6) is 0.493. The summed E-state index contributed by atoms with van der Waals surface area (Å²) in [5, 5.41) is 11.0. The van der Waals surface area contributed by atoms with E-state index in [-0.39, 0.29) is 5.76 Å². The minimum atomic E-state index is -0.811. The number of rotatable bonds is 7. The number of aliphatic hydroxyl groups is 1. The summed E-state index contributed by atoms with van der Waals surface area (Å²) < 4.78 is 6.09. The molecule has 2 aromatic rings. The van der Waals surface area contributed by atoms with Gasteiger partial charge in [-0.05, 0) is 41.9 Å². The first kappa shape index (κ1) is 21.5. The number of ether oxygens (including phenoxy) is 1. The van der Waals surface area contributed by atoms with Crippen LogP contribution in [0.3, 0.4) is 0 Å². The minimum Gasteiger partial charge on any atom is -0.511 e. The zero-order chi connectivity index (χ0) is 21.0. The molecule has 0 aliphatic carbocycles. The second-order valence-electron chi connectivity index (χ2n) is 8.43. The first-order valence-electron chi connectivity index (χ1n) is 10.3. The maximum atomic E-state index is 13.1. The van der Waals surface area contributed by atoms with Crippen LogP contribution in [0.2, 0.25) is 0 Å². The summed E-state index contributed by atoms with van der Waals surface area (Å²) in [6, 6.07) is 17.8.